The van der Waals surface area contributed by atoms with E-state index in [1.807, 2.05) is 12.1 Å². The van der Waals surface area contributed by atoms with Crippen LogP contribution in [0.1, 0.15) is 13.3 Å². The van der Waals surface area contributed by atoms with E-state index in [1.165, 1.54) is 0 Å². The molecule has 4 N–H and O–H groups in total. The third-order valence-electron chi connectivity index (χ3n) is 2.13. The van der Waals surface area contributed by atoms with Gasteiger partial charge in [0, 0.05) is 10.2 Å². The molecule has 0 heterocycles. The number of carbonyl (C=O) groups excluding carboxylic acids is 2. The molecule has 0 aromatic heterocycles. The van der Waals surface area contributed by atoms with Crippen molar-refractivity contribution < 1.29 is 9.59 Å². The Labute approximate surface area is 108 Å². The number of anilines is 1. The Kier molecular flexibility index (Phi) is 4.96. The third kappa shape index (κ3) is 4.44. The minimum Gasteiger partial charge on any atom is -0.352 e. The van der Waals surface area contributed by atoms with Crippen molar-refractivity contribution in [1.82, 2.24) is 5.32 Å². The van der Waals surface area contributed by atoms with Crippen LogP contribution in [0.4, 0.5) is 10.5 Å². The van der Waals surface area contributed by atoms with Crippen LogP contribution in [-0.4, -0.2) is 18.0 Å². The fourth-order valence-electron chi connectivity index (χ4n) is 1.32. The van der Waals surface area contributed by atoms with Crippen molar-refractivity contribution in [2.24, 2.45) is 5.73 Å². The maximum atomic E-state index is 11.8. The second-order valence-corrected chi connectivity index (χ2v) is 4.38. The molecule has 0 aliphatic heterocycles. The number of amides is 3. The molecule has 0 unspecified atom stereocenters. The van der Waals surface area contributed by atoms with Gasteiger partial charge in [0.1, 0.15) is 6.04 Å². The van der Waals surface area contributed by atoms with E-state index >= 15 is 0 Å². The van der Waals surface area contributed by atoms with Crippen molar-refractivity contribution in [3.8, 4) is 0 Å². The zero-order chi connectivity index (χ0) is 12.8. The summed E-state index contributed by atoms with van der Waals surface area (Å²) in [6.07, 6.45) is 0.475. The summed E-state index contributed by atoms with van der Waals surface area (Å²) in [6.45, 7) is 1.79. The highest BCUT2D eigenvalue weighted by Gasteiger charge is 2.17. The summed E-state index contributed by atoms with van der Waals surface area (Å²) in [5, 5.41) is 5.08. The van der Waals surface area contributed by atoms with Gasteiger partial charge in [-0.05, 0) is 24.6 Å². The number of halogens is 1. The van der Waals surface area contributed by atoms with Crippen molar-refractivity contribution in [3.63, 3.8) is 0 Å². The number of hydrogen-bond acceptors (Lipinski definition) is 2. The first-order valence-electron chi connectivity index (χ1n) is 5.15. The van der Waals surface area contributed by atoms with Gasteiger partial charge in [-0.15, -0.1) is 0 Å². The van der Waals surface area contributed by atoms with Crippen LogP contribution < -0.4 is 16.4 Å². The molecule has 5 nitrogen and oxygen atoms in total. The van der Waals surface area contributed by atoms with Crippen molar-refractivity contribution in [2.45, 2.75) is 19.4 Å². The lowest BCUT2D eigenvalue weighted by atomic mass is 10.2. The van der Waals surface area contributed by atoms with Crippen LogP contribution >= 0.6 is 15.9 Å². The lowest BCUT2D eigenvalue weighted by Gasteiger charge is -2.15. The van der Waals surface area contributed by atoms with E-state index in [2.05, 4.69) is 26.6 Å². The molecule has 1 rings (SSSR count). The molecule has 0 aliphatic rings. The van der Waals surface area contributed by atoms with Gasteiger partial charge in [-0.3, -0.25) is 4.79 Å². The van der Waals surface area contributed by atoms with E-state index in [0.29, 0.717) is 12.1 Å². The Bertz CT molecular complexity index is 423. The Hall–Kier alpha value is -1.56. The Morgan fingerprint density at radius 1 is 1.47 bits per heavy atom. The molecule has 17 heavy (non-hydrogen) atoms. The van der Waals surface area contributed by atoms with Crippen LogP contribution in [-0.2, 0) is 4.79 Å². The van der Waals surface area contributed by atoms with Crippen LogP contribution in [0.25, 0.3) is 0 Å². The van der Waals surface area contributed by atoms with Crippen molar-refractivity contribution in [3.05, 3.63) is 28.7 Å². The summed E-state index contributed by atoms with van der Waals surface area (Å²) in [4.78, 5) is 22.5. The molecule has 0 saturated heterocycles. The number of nitrogens with one attached hydrogen (secondary N) is 2. The fourth-order valence-corrected chi connectivity index (χ4v) is 1.72. The fraction of sp³-hybridized carbons (Fsp3) is 0.273. The van der Waals surface area contributed by atoms with E-state index in [9.17, 15) is 9.59 Å². The minimum atomic E-state index is -0.707. The average Bonchev–Trinajstić information content (AvgIpc) is 2.25. The quantitative estimate of drug-likeness (QED) is 0.792. The second-order valence-electron chi connectivity index (χ2n) is 3.47. The molecular formula is C11H14BrN3O2. The Morgan fingerprint density at radius 2 is 2.18 bits per heavy atom. The second kappa shape index (κ2) is 6.24. The molecule has 0 spiro atoms. The van der Waals surface area contributed by atoms with Crippen molar-refractivity contribution >= 4 is 33.6 Å². The molecule has 92 valence electrons. The topological polar surface area (TPSA) is 84.2 Å². The highest BCUT2D eigenvalue weighted by atomic mass is 79.9. The van der Waals surface area contributed by atoms with Crippen LogP contribution in [0.5, 0.6) is 0 Å². The van der Waals surface area contributed by atoms with Gasteiger partial charge in [-0.2, -0.15) is 0 Å². The monoisotopic (exact) mass is 299 g/mol. The van der Waals surface area contributed by atoms with Gasteiger partial charge in [0.05, 0.1) is 0 Å². The molecule has 6 heteroatoms. The molecule has 0 bridgehead atoms. The van der Waals surface area contributed by atoms with Gasteiger partial charge in [-0.1, -0.05) is 28.9 Å². The molecule has 0 radical (unpaired) electrons. The van der Waals surface area contributed by atoms with Gasteiger partial charge in [0.25, 0.3) is 0 Å². The number of rotatable bonds is 4. The maximum absolute atomic E-state index is 11.8. The number of benzene rings is 1. The molecule has 0 saturated carbocycles. The van der Waals surface area contributed by atoms with Gasteiger partial charge in [0.15, 0.2) is 0 Å². The first-order chi connectivity index (χ1) is 8.02. The maximum Gasteiger partial charge on any atom is 0.312 e. The normalized spacial score (nSPS) is 11.6. The lowest BCUT2D eigenvalue weighted by Crippen LogP contribution is -2.45. The summed E-state index contributed by atoms with van der Waals surface area (Å²) in [6, 6.07) is 5.87. The van der Waals surface area contributed by atoms with Gasteiger partial charge < -0.3 is 16.4 Å². The number of carbonyl (C=O) groups is 2. The van der Waals surface area contributed by atoms with Crippen molar-refractivity contribution in [2.75, 3.05) is 5.32 Å². The van der Waals surface area contributed by atoms with Gasteiger partial charge in [0.2, 0.25) is 5.91 Å². The molecule has 0 fully saturated rings. The van der Waals surface area contributed by atoms with Crippen LogP contribution in [0.2, 0.25) is 0 Å². The van der Waals surface area contributed by atoms with Crippen LogP contribution in [0, 0.1) is 0 Å². The summed E-state index contributed by atoms with van der Waals surface area (Å²) >= 11 is 3.31. The highest BCUT2D eigenvalue weighted by Crippen LogP contribution is 2.15. The highest BCUT2D eigenvalue weighted by molar-refractivity contribution is 9.10. The number of nitrogens with two attached hydrogens (primary N) is 1. The summed E-state index contributed by atoms with van der Waals surface area (Å²) in [5.74, 6) is -0.288. The predicted octanol–water partition coefficient (Wildman–Crippen LogP) is 1.83. The number of urea groups is 1. The largest absolute Gasteiger partial charge is 0.352 e. The number of hydrogen-bond donors (Lipinski definition) is 3. The number of primary amides is 1. The Balaban J connectivity index is 2.67. The zero-order valence-corrected chi connectivity index (χ0v) is 11.0. The predicted molar refractivity (Wildman–Crippen MR) is 69.6 cm³/mol. The van der Waals surface area contributed by atoms with E-state index in [-0.39, 0.29) is 5.91 Å². The first-order valence-corrected chi connectivity index (χ1v) is 5.94. The van der Waals surface area contributed by atoms with Gasteiger partial charge >= 0.3 is 6.03 Å². The van der Waals surface area contributed by atoms with E-state index in [4.69, 9.17) is 5.73 Å². The molecule has 1 aromatic rings. The molecular weight excluding hydrogens is 286 g/mol. The van der Waals surface area contributed by atoms with E-state index in [0.717, 1.165) is 4.47 Å². The minimum absolute atomic E-state index is 0.288. The van der Waals surface area contributed by atoms with Crippen LogP contribution in [0.3, 0.4) is 0 Å². The van der Waals surface area contributed by atoms with Crippen molar-refractivity contribution in [1.29, 1.82) is 0 Å². The van der Waals surface area contributed by atoms with Crippen LogP contribution in [0.15, 0.2) is 28.7 Å². The summed E-state index contributed by atoms with van der Waals surface area (Å²) < 4.78 is 0.867. The zero-order valence-electron chi connectivity index (χ0n) is 9.37. The Morgan fingerprint density at radius 3 is 2.71 bits per heavy atom. The molecule has 1 atom stereocenters. The third-order valence-corrected chi connectivity index (χ3v) is 2.63. The van der Waals surface area contributed by atoms with E-state index in [1.54, 1.807) is 19.1 Å². The summed E-state index contributed by atoms with van der Waals surface area (Å²) in [5.41, 5.74) is 5.65. The summed E-state index contributed by atoms with van der Waals surface area (Å²) in [7, 11) is 0. The molecule has 3 amide bonds. The standard InChI is InChI=1S/C11H14BrN3O2/c1-2-9(15-11(13)17)10(16)14-8-5-3-4-7(12)6-8/h3-6,9H,2H2,1H3,(H,14,16)(H3,13,15,17)/t9-/m0/s1. The molecule has 0 aliphatic carbocycles. The SMILES string of the molecule is CC[C@H](NC(N)=O)C(=O)Nc1cccc(Br)c1. The average molecular weight is 300 g/mol. The first kappa shape index (κ1) is 13.5. The van der Waals surface area contributed by atoms with Gasteiger partial charge in [-0.25, -0.2) is 4.79 Å². The lowest BCUT2D eigenvalue weighted by molar-refractivity contribution is -0.118. The smallest absolute Gasteiger partial charge is 0.312 e. The van der Waals surface area contributed by atoms with E-state index < -0.39 is 12.1 Å². The molecule has 1 aromatic carbocycles.